The Bertz CT molecular complexity index is 780. The van der Waals surface area contributed by atoms with Gasteiger partial charge in [-0.2, -0.15) is 0 Å². The Morgan fingerprint density at radius 1 is 1.35 bits per heavy atom. The number of likely N-dealkylation sites (N-methyl/N-ethyl adjacent to an activating group) is 1. The van der Waals surface area contributed by atoms with E-state index in [9.17, 15) is 13.6 Å². The molecule has 5 nitrogen and oxygen atoms in total. The highest BCUT2D eigenvalue weighted by Gasteiger charge is 2.27. The van der Waals surface area contributed by atoms with E-state index < -0.39 is 11.6 Å². The number of aromatic nitrogens is 1. The van der Waals surface area contributed by atoms with Crippen molar-refractivity contribution in [3.63, 3.8) is 0 Å². The first-order valence-corrected chi connectivity index (χ1v) is 9.68. The topological polar surface area (TPSA) is 57.3 Å². The summed E-state index contributed by atoms with van der Waals surface area (Å²) in [4.78, 5) is 18.8. The lowest BCUT2D eigenvalue weighted by Crippen LogP contribution is -2.40. The zero-order valence-corrected chi connectivity index (χ0v) is 15.8. The molecule has 2 N–H and O–H groups in total. The zero-order chi connectivity index (χ0) is 18.7. The minimum Gasteiger partial charge on any atom is -0.313 e. The standard InChI is InChI=1S/C18H24F2N4OS/c1-24(2)7-6-21-13-5-3-4-11(8-13)17(25)23-18-22-16-14(20)9-12(19)10-15(16)26-18/h9-11,13,21H,3-8H2,1-2H3,(H,22,23,25)/t11?,13-/m1/s1. The molecule has 1 amide bonds. The maximum absolute atomic E-state index is 13.8. The van der Waals surface area contributed by atoms with Gasteiger partial charge in [-0.25, -0.2) is 13.8 Å². The molecular weight excluding hydrogens is 358 g/mol. The lowest BCUT2D eigenvalue weighted by atomic mass is 9.85. The summed E-state index contributed by atoms with van der Waals surface area (Å²) in [6.07, 6.45) is 3.69. The summed E-state index contributed by atoms with van der Waals surface area (Å²) in [5, 5.41) is 6.61. The van der Waals surface area contributed by atoms with Gasteiger partial charge in [0.25, 0.3) is 0 Å². The van der Waals surface area contributed by atoms with Crippen molar-refractivity contribution >= 4 is 32.6 Å². The van der Waals surface area contributed by atoms with Crippen LogP contribution in [0.5, 0.6) is 0 Å². The van der Waals surface area contributed by atoms with E-state index in [1.54, 1.807) is 0 Å². The van der Waals surface area contributed by atoms with E-state index in [1.165, 1.54) is 6.07 Å². The molecule has 1 fully saturated rings. The van der Waals surface area contributed by atoms with E-state index >= 15 is 0 Å². The van der Waals surface area contributed by atoms with Crippen LogP contribution < -0.4 is 10.6 Å². The molecule has 142 valence electrons. The number of hydrogen-bond acceptors (Lipinski definition) is 5. The summed E-state index contributed by atoms with van der Waals surface area (Å²) < 4.78 is 27.4. The Labute approximate surface area is 155 Å². The Morgan fingerprint density at radius 3 is 2.92 bits per heavy atom. The molecule has 26 heavy (non-hydrogen) atoms. The molecule has 0 spiro atoms. The van der Waals surface area contributed by atoms with Crippen molar-refractivity contribution < 1.29 is 13.6 Å². The average molecular weight is 382 g/mol. The molecule has 1 aliphatic rings. The van der Waals surface area contributed by atoms with Gasteiger partial charge in [0, 0.05) is 31.1 Å². The first-order chi connectivity index (χ1) is 12.4. The van der Waals surface area contributed by atoms with Crippen molar-refractivity contribution in [3.05, 3.63) is 23.8 Å². The number of hydrogen-bond donors (Lipinski definition) is 2. The number of nitrogens with one attached hydrogen (secondary N) is 2. The number of amides is 1. The third-order valence-corrected chi connectivity index (χ3v) is 5.60. The van der Waals surface area contributed by atoms with Gasteiger partial charge in [-0.15, -0.1) is 0 Å². The molecule has 0 bridgehead atoms. The summed E-state index contributed by atoms with van der Waals surface area (Å²) in [5.41, 5.74) is 0.0959. The van der Waals surface area contributed by atoms with E-state index in [1.807, 2.05) is 14.1 Å². The van der Waals surface area contributed by atoms with E-state index in [0.29, 0.717) is 15.9 Å². The number of nitrogens with zero attached hydrogens (tertiary/aromatic N) is 2. The maximum atomic E-state index is 13.8. The van der Waals surface area contributed by atoms with Crippen molar-refractivity contribution in [3.8, 4) is 0 Å². The monoisotopic (exact) mass is 382 g/mol. The van der Waals surface area contributed by atoms with Crippen molar-refractivity contribution in [1.82, 2.24) is 15.2 Å². The quantitative estimate of drug-likeness (QED) is 0.805. The van der Waals surface area contributed by atoms with Crippen LogP contribution in [-0.4, -0.2) is 49.0 Å². The summed E-state index contributed by atoms with van der Waals surface area (Å²) >= 11 is 1.09. The number of thiazole rings is 1. The molecule has 8 heteroatoms. The van der Waals surface area contributed by atoms with Gasteiger partial charge in [0.05, 0.1) is 4.70 Å². The van der Waals surface area contributed by atoms with Crippen molar-refractivity contribution in [2.45, 2.75) is 31.7 Å². The molecule has 0 radical (unpaired) electrons. The summed E-state index contributed by atoms with van der Waals surface area (Å²) in [6, 6.07) is 2.37. The molecule has 3 rings (SSSR count). The Balaban J connectivity index is 1.59. The van der Waals surface area contributed by atoms with E-state index in [4.69, 9.17) is 0 Å². The molecule has 1 aromatic heterocycles. The number of halogens is 2. The van der Waals surface area contributed by atoms with Gasteiger partial charge >= 0.3 is 0 Å². The Kier molecular flexibility index (Phi) is 6.16. The SMILES string of the molecule is CN(C)CCN[C@@H]1CCCC(C(=O)Nc2nc3c(F)cc(F)cc3s2)C1. The normalized spacial score (nSPS) is 20.7. The number of carbonyl (C=O) groups excluding carboxylic acids is 1. The fraction of sp³-hybridized carbons (Fsp3) is 0.556. The number of fused-ring (bicyclic) bond motifs is 1. The van der Waals surface area contributed by atoms with Gasteiger partial charge < -0.3 is 15.5 Å². The highest BCUT2D eigenvalue weighted by atomic mass is 32.1. The summed E-state index contributed by atoms with van der Waals surface area (Å²) in [7, 11) is 4.07. The van der Waals surface area contributed by atoms with E-state index in [-0.39, 0.29) is 17.3 Å². The van der Waals surface area contributed by atoms with Crippen LogP contribution >= 0.6 is 11.3 Å². The number of rotatable bonds is 6. The van der Waals surface area contributed by atoms with Gasteiger partial charge in [-0.05, 0) is 39.4 Å². The molecule has 1 heterocycles. The van der Waals surface area contributed by atoms with Crippen LogP contribution in [0.3, 0.4) is 0 Å². The predicted molar refractivity (Wildman–Crippen MR) is 100 cm³/mol. The van der Waals surface area contributed by atoms with Gasteiger partial charge in [0.15, 0.2) is 10.9 Å². The fourth-order valence-electron chi connectivity index (χ4n) is 3.32. The van der Waals surface area contributed by atoms with Crippen LogP contribution in [0.15, 0.2) is 12.1 Å². The molecule has 2 atom stereocenters. The van der Waals surface area contributed by atoms with Gasteiger partial charge in [0.2, 0.25) is 5.91 Å². The third kappa shape index (κ3) is 4.75. The number of benzene rings is 1. The molecule has 0 saturated heterocycles. The lowest BCUT2D eigenvalue weighted by Gasteiger charge is -2.29. The van der Waals surface area contributed by atoms with E-state index in [0.717, 1.165) is 56.2 Å². The molecule has 0 aliphatic heterocycles. The minimum absolute atomic E-state index is 0.0887. The highest BCUT2D eigenvalue weighted by molar-refractivity contribution is 7.22. The average Bonchev–Trinajstić information content (AvgIpc) is 2.97. The highest BCUT2D eigenvalue weighted by Crippen LogP contribution is 2.30. The smallest absolute Gasteiger partial charge is 0.229 e. The fourth-order valence-corrected chi connectivity index (χ4v) is 4.23. The second-order valence-electron chi connectivity index (χ2n) is 7.06. The minimum atomic E-state index is -0.709. The van der Waals surface area contributed by atoms with Crippen LogP contribution in [0.4, 0.5) is 13.9 Å². The van der Waals surface area contributed by atoms with Crippen molar-refractivity contribution in [2.75, 3.05) is 32.5 Å². The second-order valence-corrected chi connectivity index (χ2v) is 8.09. The van der Waals surface area contributed by atoms with Crippen molar-refractivity contribution in [1.29, 1.82) is 0 Å². The number of anilines is 1. The van der Waals surface area contributed by atoms with Gasteiger partial charge in [-0.3, -0.25) is 4.79 Å². The van der Waals surface area contributed by atoms with Gasteiger partial charge in [-0.1, -0.05) is 17.8 Å². The summed E-state index contributed by atoms with van der Waals surface area (Å²) in [5.74, 6) is -1.53. The molecule has 1 aliphatic carbocycles. The Hall–Kier alpha value is -1.64. The zero-order valence-electron chi connectivity index (χ0n) is 15.0. The third-order valence-electron chi connectivity index (χ3n) is 4.68. The van der Waals surface area contributed by atoms with Crippen LogP contribution in [0.1, 0.15) is 25.7 Å². The lowest BCUT2D eigenvalue weighted by molar-refractivity contribution is -0.121. The second kappa shape index (κ2) is 8.37. The van der Waals surface area contributed by atoms with Gasteiger partial charge in [0.1, 0.15) is 11.3 Å². The summed E-state index contributed by atoms with van der Waals surface area (Å²) in [6.45, 7) is 1.86. The first-order valence-electron chi connectivity index (χ1n) is 8.87. The van der Waals surface area contributed by atoms with Crippen LogP contribution in [-0.2, 0) is 4.79 Å². The molecule has 1 aromatic carbocycles. The Morgan fingerprint density at radius 2 is 2.15 bits per heavy atom. The molecule has 1 saturated carbocycles. The van der Waals surface area contributed by atoms with E-state index in [2.05, 4.69) is 20.5 Å². The molecule has 2 aromatic rings. The predicted octanol–water partition coefficient (Wildman–Crippen LogP) is 3.22. The largest absolute Gasteiger partial charge is 0.313 e. The first kappa shape index (κ1) is 19.1. The van der Waals surface area contributed by atoms with Crippen LogP contribution in [0, 0.1) is 17.6 Å². The van der Waals surface area contributed by atoms with Crippen LogP contribution in [0.2, 0.25) is 0 Å². The maximum Gasteiger partial charge on any atom is 0.229 e. The number of carbonyl (C=O) groups is 1. The van der Waals surface area contributed by atoms with Crippen molar-refractivity contribution in [2.24, 2.45) is 5.92 Å². The molecular formula is C18H24F2N4OS. The molecule has 1 unspecified atom stereocenters. The van der Waals surface area contributed by atoms with Crippen LogP contribution in [0.25, 0.3) is 10.2 Å².